The number of nitrogens with one attached hydrogen (secondary N) is 1. The van der Waals surface area contributed by atoms with Gasteiger partial charge in [-0.1, -0.05) is 61.4 Å². The van der Waals surface area contributed by atoms with E-state index in [9.17, 15) is 19.5 Å². The molecule has 7 heteroatoms. The number of rotatable bonds is 7. The second kappa shape index (κ2) is 9.49. The number of alkyl carbamates (subject to hydrolysis) is 1. The predicted molar refractivity (Wildman–Crippen MR) is 126 cm³/mol. The van der Waals surface area contributed by atoms with Crippen molar-refractivity contribution in [3.8, 4) is 11.1 Å². The summed E-state index contributed by atoms with van der Waals surface area (Å²) < 4.78 is 5.55. The van der Waals surface area contributed by atoms with E-state index in [2.05, 4.69) is 17.4 Å². The standard InChI is InChI=1S/C27H30N2O5/c30-25(31)15-23(26(32)29-14-13-24(29)17-7-1-2-8-17)28-27(33)34-16-22-20-11-5-3-9-18(20)19-10-4-6-12-21(19)22/h3-6,9-12,17,22-24H,1-2,7-8,13-16H2,(H,28,33)(H,30,31). The number of likely N-dealkylation sites (tertiary alicyclic amines) is 1. The molecule has 2 aliphatic carbocycles. The summed E-state index contributed by atoms with van der Waals surface area (Å²) >= 11 is 0. The van der Waals surface area contributed by atoms with Crippen LogP contribution in [0.15, 0.2) is 48.5 Å². The van der Waals surface area contributed by atoms with E-state index in [-0.39, 0.29) is 24.5 Å². The van der Waals surface area contributed by atoms with Crippen LogP contribution in [0.25, 0.3) is 11.1 Å². The maximum atomic E-state index is 13.1. The molecule has 2 fully saturated rings. The molecule has 2 aromatic carbocycles. The van der Waals surface area contributed by atoms with E-state index in [4.69, 9.17) is 4.74 Å². The van der Waals surface area contributed by atoms with Crippen LogP contribution in [-0.2, 0) is 14.3 Å². The molecule has 1 saturated carbocycles. The monoisotopic (exact) mass is 462 g/mol. The predicted octanol–water partition coefficient (Wildman–Crippen LogP) is 4.16. The van der Waals surface area contributed by atoms with E-state index in [1.165, 1.54) is 12.8 Å². The van der Waals surface area contributed by atoms with E-state index in [0.29, 0.717) is 12.5 Å². The van der Waals surface area contributed by atoms with Crippen LogP contribution in [0.4, 0.5) is 4.79 Å². The number of hydrogen-bond donors (Lipinski definition) is 2. The third-order valence-electron chi connectivity index (χ3n) is 7.61. The first-order valence-corrected chi connectivity index (χ1v) is 12.2. The molecule has 1 aliphatic heterocycles. The van der Waals surface area contributed by atoms with Gasteiger partial charge in [0, 0.05) is 18.5 Å². The van der Waals surface area contributed by atoms with Crippen molar-refractivity contribution in [1.82, 2.24) is 10.2 Å². The quantitative estimate of drug-likeness (QED) is 0.644. The average Bonchev–Trinajstić information content (AvgIpc) is 3.43. The van der Waals surface area contributed by atoms with Gasteiger partial charge in [-0.15, -0.1) is 0 Å². The highest BCUT2D eigenvalue weighted by atomic mass is 16.5. The van der Waals surface area contributed by atoms with Crippen molar-refractivity contribution in [2.45, 2.75) is 56.5 Å². The van der Waals surface area contributed by atoms with Crippen molar-refractivity contribution in [3.63, 3.8) is 0 Å². The normalized spacial score (nSPS) is 20.2. The van der Waals surface area contributed by atoms with Gasteiger partial charge in [-0.2, -0.15) is 0 Å². The highest BCUT2D eigenvalue weighted by Gasteiger charge is 2.42. The number of hydrogen-bond acceptors (Lipinski definition) is 4. The van der Waals surface area contributed by atoms with E-state index >= 15 is 0 Å². The van der Waals surface area contributed by atoms with Gasteiger partial charge in [0.2, 0.25) is 5.91 Å². The number of carboxylic acids is 1. The lowest BCUT2D eigenvalue weighted by Crippen LogP contribution is -2.60. The maximum absolute atomic E-state index is 13.1. The summed E-state index contributed by atoms with van der Waals surface area (Å²) in [4.78, 5) is 39.0. The van der Waals surface area contributed by atoms with Crippen molar-refractivity contribution in [2.24, 2.45) is 5.92 Å². The Morgan fingerprint density at radius 3 is 2.15 bits per heavy atom. The number of benzene rings is 2. The highest BCUT2D eigenvalue weighted by molar-refractivity contribution is 5.90. The minimum Gasteiger partial charge on any atom is -0.481 e. The van der Waals surface area contributed by atoms with Crippen molar-refractivity contribution in [1.29, 1.82) is 0 Å². The number of carbonyl (C=O) groups is 3. The minimum atomic E-state index is -1.13. The van der Waals surface area contributed by atoms with Gasteiger partial charge in [0.05, 0.1) is 6.42 Å². The van der Waals surface area contributed by atoms with Crippen LogP contribution in [0.5, 0.6) is 0 Å². The highest BCUT2D eigenvalue weighted by Crippen LogP contribution is 2.44. The van der Waals surface area contributed by atoms with Crippen LogP contribution in [0, 0.1) is 5.92 Å². The lowest BCUT2D eigenvalue weighted by atomic mass is 9.87. The molecule has 0 spiro atoms. The number of nitrogens with zero attached hydrogens (tertiary/aromatic N) is 1. The van der Waals surface area contributed by atoms with E-state index < -0.39 is 24.5 Å². The van der Waals surface area contributed by atoms with Crippen molar-refractivity contribution < 1.29 is 24.2 Å². The molecular weight excluding hydrogens is 432 g/mol. The Morgan fingerprint density at radius 1 is 0.971 bits per heavy atom. The third kappa shape index (κ3) is 4.27. The number of ether oxygens (including phenoxy) is 1. The van der Waals surface area contributed by atoms with Gasteiger partial charge < -0.3 is 20.1 Å². The molecule has 34 heavy (non-hydrogen) atoms. The molecule has 1 saturated heterocycles. The van der Waals surface area contributed by atoms with Crippen LogP contribution in [0.2, 0.25) is 0 Å². The molecular formula is C27H30N2O5. The fourth-order valence-corrected chi connectivity index (χ4v) is 5.87. The van der Waals surface area contributed by atoms with Gasteiger partial charge in [-0.05, 0) is 47.4 Å². The van der Waals surface area contributed by atoms with Gasteiger partial charge in [0.1, 0.15) is 12.6 Å². The lowest BCUT2D eigenvalue weighted by molar-refractivity contribution is -0.148. The van der Waals surface area contributed by atoms with Gasteiger partial charge in [0.15, 0.2) is 0 Å². The summed E-state index contributed by atoms with van der Waals surface area (Å²) in [6.07, 6.45) is 4.30. The fraction of sp³-hybridized carbons (Fsp3) is 0.444. The SMILES string of the molecule is O=C(O)CC(NC(=O)OCC1c2ccccc2-c2ccccc21)C(=O)N1CCC1C1CCCC1. The summed E-state index contributed by atoms with van der Waals surface area (Å²) in [6, 6.07) is 15.1. The molecule has 2 atom stereocenters. The maximum Gasteiger partial charge on any atom is 0.407 e. The largest absolute Gasteiger partial charge is 0.481 e. The molecule has 2 aromatic rings. The Kier molecular flexibility index (Phi) is 6.26. The summed E-state index contributed by atoms with van der Waals surface area (Å²) in [5.74, 6) is -1.07. The van der Waals surface area contributed by atoms with Gasteiger partial charge in [-0.25, -0.2) is 4.79 Å². The Hall–Kier alpha value is -3.35. The molecule has 2 unspecified atom stereocenters. The topological polar surface area (TPSA) is 95.9 Å². The smallest absolute Gasteiger partial charge is 0.407 e. The summed E-state index contributed by atoms with van der Waals surface area (Å²) in [5, 5.41) is 11.9. The van der Waals surface area contributed by atoms with Crippen LogP contribution in [0.1, 0.15) is 55.6 Å². The van der Waals surface area contributed by atoms with Crippen LogP contribution in [-0.4, -0.2) is 53.2 Å². The molecule has 2 amide bonds. The first-order chi connectivity index (χ1) is 16.5. The number of aliphatic carboxylic acids is 1. The molecule has 0 radical (unpaired) electrons. The fourth-order valence-electron chi connectivity index (χ4n) is 5.87. The Labute approximate surface area is 199 Å². The Balaban J connectivity index is 1.24. The molecule has 3 aliphatic rings. The summed E-state index contributed by atoms with van der Waals surface area (Å²) in [5.41, 5.74) is 4.44. The van der Waals surface area contributed by atoms with Crippen molar-refractivity contribution in [3.05, 3.63) is 59.7 Å². The van der Waals surface area contributed by atoms with E-state index in [1.54, 1.807) is 4.90 Å². The summed E-state index contributed by atoms with van der Waals surface area (Å²) in [7, 11) is 0. The Morgan fingerprint density at radius 2 is 1.59 bits per heavy atom. The zero-order chi connectivity index (χ0) is 23.7. The van der Waals surface area contributed by atoms with Crippen molar-refractivity contribution in [2.75, 3.05) is 13.2 Å². The van der Waals surface area contributed by atoms with Gasteiger partial charge >= 0.3 is 12.1 Å². The molecule has 0 bridgehead atoms. The first-order valence-electron chi connectivity index (χ1n) is 12.2. The second-order valence-electron chi connectivity index (χ2n) is 9.55. The molecule has 1 heterocycles. The molecule has 5 rings (SSSR count). The van der Waals surface area contributed by atoms with Gasteiger partial charge in [-0.3, -0.25) is 9.59 Å². The van der Waals surface area contributed by atoms with Crippen LogP contribution in [0.3, 0.4) is 0 Å². The zero-order valence-corrected chi connectivity index (χ0v) is 19.1. The second-order valence-corrected chi connectivity index (χ2v) is 9.55. The Bertz CT molecular complexity index is 1050. The average molecular weight is 463 g/mol. The molecule has 178 valence electrons. The van der Waals surface area contributed by atoms with Crippen molar-refractivity contribution >= 4 is 18.0 Å². The zero-order valence-electron chi connectivity index (χ0n) is 19.1. The van der Waals surface area contributed by atoms with Crippen LogP contribution >= 0.6 is 0 Å². The van der Waals surface area contributed by atoms with Crippen LogP contribution < -0.4 is 5.32 Å². The van der Waals surface area contributed by atoms with Gasteiger partial charge in [0.25, 0.3) is 0 Å². The number of fused-ring (bicyclic) bond motifs is 3. The number of carbonyl (C=O) groups excluding carboxylic acids is 2. The van der Waals surface area contributed by atoms with E-state index in [1.807, 2.05) is 36.4 Å². The lowest BCUT2D eigenvalue weighted by Gasteiger charge is -2.45. The molecule has 0 aromatic heterocycles. The molecule has 7 nitrogen and oxygen atoms in total. The number of carboxylic acid groups (broad SMARTS) is 1. The minimum absolute atomic E-state index is 0.103. The summed E-state index contributed by atoms with van der Waals surface area (Å²) in [6.45, 7) is 0.727. The first kappa shape index (κ1) is 22.4. The van der Waals surface area contributed by atoms with E-state index in [0.717, 1.165) is 41.5 Å². The third-order valence-corrected chi connectivity index (χ3v) is 7.61. The molecule has 2 N–H and O–H groups in total. The number of amides is 2.